The molecule has 6 heteroatoms. The summed E-state index contributed by atoms with van der Waals surface area (Å²) in [4.78, 5) is 0. The maximum absolute atomic E-state index is 5.68. The van der Waals surface area contributed by atoms with Gasteiger partial charge in [-0.2, -0.15) is 0 Å². The first-order valence-electron chi connectivity index (χ1n) is 7.13. The Labute approximate surface area is 133 Å². The van der Waals surface area contributed by atoms with E-state index in [2.05, 4.69) is 34.4 Å². The molecule has 114 valence electrons. The maximum atomic E-state index is 5.68. The van der Waals surface area contributed by atoms with E-state index in [1.165, 1.54) is 17.3 Å². The van der Waals surface area contributed by atoms with Gasteiger partial charge in [-0.3, -0.25) is 0 Å². The summed E-state index contributed by atoms with van der Waals surface area (Å²) in [6.45, 7) is 4.05. The summed E-state index contributed by atoms with van der Waals surface area (Å²) in [5.74, 6) is 2.44. The molecule has 1 aromatic carbocycles. The lowest BCUT2D eigenvalue weighted by atomic mass is 9.98. The number of rotatable bonds is 6. The van der Waals surface area contributed by atoms with E-state index in [1.54, 1.807) is 0 Å². The van der Waals surface area contributed by atoms with Gasteiger partial charge in [-0.25, -0.2) is 0 Å². The number of aromatic nitrogens is 3. The quantitative estimate of drug-likeness (QED) is 0.640. The predicted molar refractivity (Wildman–Crippen MR) is 83.7 cm³/mol. The summed E-state index contributed by atoms with van der Waals surface area (Å²) in [5.41, 5.74) is 2.14. The van der Waals surface area contributed by atoms with Crippen molar-refractivity contribution in [1.29, 1.82) is 0 Å². The minimum absolute atomic E-state index is 0.344. The van der Waals surface area contributed by atoms with Gasteiger partial charge in [0.05, 0.1) is 11.4 Å². The molecule has 1 unspecified atom stereocenters. The highest BCUT2D eigenvalue weighted by Crippen LogP contribution is 2.24. The van der Waals surface area contributed by atoms with E-state index in [-0.39, 0.29) is 0 Å². The van der Waals surface area contributed by atoms with Crippen molar-refractivity contribution in [2.45, 2.75) is 37.2 Å². The molecule has 0 fully saturated rings. The van der Waals surface area contributed by atoms with Crippen LogP contribution in [-0.2, 0) is 12.2 Å². The smallest absolute Gasteiger partial charge is 0.277 e. The van der Waals surface area contributed by atoms with E-state index in [0.29, 0.717) is 22.8 Å². The first kappa shape index (κ1) is 14.8. The van der Waals surface area contributed by atoms with Crippen LogP contribution in [0.4, 0.5) is 0 Å². The van der Waals surface area contributed by atoms with Crippen LogP contribution in [0.25, 0.3) is 0 Å². The zero-order valence-corrected chi connectivity index (χ0v) is 13.3. The van der Waals surface area contributed by atoms with Crippen molar-refractivity contribution < 1.29 is 8.94 Å². The first-order chi connectivity index (χ1) is 10.7. The lowest BCUT2D eigenvalue weighted by Gasteiger charge is -2.08. The largest absolute Gasteiger partial charge is 0.416 e. The third kappa shape index (κ3) is 3.76. The Bertz CT molecular complexity index is 724. The van der Waals surface area contributed by atoms with E-state index >= 15 is 0 Å². The molecule has 0 bridgehead atoms. The van der Waals surface area contributed by atoms with Gasteiger partial charge in [0.15, 0.2) is 0 Å². The molecule has 1 atom stereocenters. The molecule has 0 aliphatic rings. The van der Waals surface area contributed by atoms with Gasteiger partial charge in [0.1, 0.15) is 5.76 Å². The molecule has 0 N–H and O–H groups in total. The average Bonchev–Trinajstić information content (AvgIpc) is 3.15. The van der Waals surface area contributed by atoms with E-state index in [4.69, 9.17) is 8.94 Å². The van der Waals surface area contributed by atoms with Crippen LogP contribution in [0.3, 0.4) is 0 Å². The van der Waals surface area contributed by atoms with Gasteiger partial charge in [0.2, 0.25) is 5.89 Å². The van der Waals surface area contributed by atoms with Crippen LogP contribution >= 0.6 is 11.8 Å². The van der Waals surface area contributed by atoms with Crippen molar-refractivity contribution in [1.82, 2.24) is 15.4 Å². The predicted octanol–water partition coefficient (Wildman–Crippen LogP) is 4.00. The summed E-state index contributed by atoms with van der Waals surface area (Å²) in [6.07, 6.45) is 0.735. The summed E-state index contributed by atoms with van der Waals surface area (Å²) in [7, 11) is 0. The number of thioether (sulfide) groups is 1. The third-order valence-corrected chi connectivity index (χ3v) is 4.15. The van der Waals surface area contributed by atoms with Gasteiger partial charge in [0, 0.05) is 12.5 Å². The van der Waals surface area contributed by atoms with Crippen LogP contribution in [0.5, 0.6) is 0 Å². The SMILES string of the molecule is Cc1cc(CSc2nnc(CC(C)c3ccccc3)o2)on1. The molecule has 2 aromatic heterocycles. The van der Waals surface area contributed by atoms with Gasteiger partial charge >= 0.3 is 0 Å². The van der Waals surface area contributed by atoms with E-state index in [9.17, 15) is 0 Å². The van der Waals surface area contributed by atoms with Crippen molar-refractivity contribution in [2.24, 2.45) is 0 Å². The molecule has 0 aliphatic heterocycles. The average molecular weight is 315 g/mol. The highest BCUT2D eigenvalue weighted by atomic mass is 32.2. The molecular weight excluding hydrogens is 298 g/mol. The molecule has 0 amide bonds. The number of benzene rings is 1. The minimum Gasteiger partial charge on any atom is -0.416 e. The first-order valence-corrected chi connectivity index (χ1v) is 8.11. The fourth-order valence-electron chi connectivity index (χ4n) is 2.16. The zero-order chi connectivity index (χ0) is 15.4. The molecule has 0 saturated carbocycles. The molecule has 0 radical (unpaired) electrons. The molecule has 0 spiro atoms. The number of aryl methyl sites for hydroxylation is 1. The Morgan fingerprint density at radius 1 is 1.18 bits per heavy atom. The summed E-state index contributed by atoms with van der Waals surface area (Å²) >= 11 is 1.46. The van der Waals surface area contributed by atoms with Crippen molar-refractivity contribution in [3.05, 3.63) is 59.3 Å². The standard InChI is InChI=1S/C16H17N3O2S/c1-11(13-6-4-3-5-7-13)8-15-17-18-16(20-15)22-10-14-9-12(2)19-21-14/h3-7,9,11H,8,10H2,1-2H3. The second-order valence-corrected chi connectivity index (χ2v) is 6.13. The molecule has 5 nitrogen and oxygen atoms in total. The third-order valence-electron chi connectivity index (χ3n) is 3.31. The second kappa shape index (κ2) is 6.79. The Kier molecular flexibility index (Phi) is 4.58. The molecular formula is C16H17N3O2S. The van der Waals surface area contributed by atoms with Gasteiger partial charge in [0.25, 0.3) is 5.22 Å². The fourth-order valence-corrected chi connectivity index (χ4v) is 2.81. The van der Waals surface area contributed by atoms with Crippen LogP contribution < -0.4 is 0 Å². The van der Waals surface area contributed by atoms with Gasteiger partial charge in [-0.1, -0.05) is 54.2 Å². The van der Waals surface area contributed by atoms with E-state index in [1.807, 2.05) is 31.2 Å². The monoisotopic (exact) mass is 315 g/mol. The lowest BCUT2D eigenvalue weighted by Crippen LogP contribution is -1.98. The topological polar surface area (TPSA) is 65.0 Å². The minimum atomic E-state index is 0.344. The molecule has 22 heavy (non-hydrogen) atoms. The van der Waals surface area contributed by atoms with Gasteiger partial charge in [-0.05, 0) is 18.4 Å². The van der Waals surface area contributed by atoms with Crippen molar-refractivity contribution in [3.63, 3.8) is 0 Å². The highest BCUT2D eigenvalue weighted by molar-refractivity contribution is 7.98. The molecule has 0 saturated heterocycles. The zero-order valence-electron chi connectivity index (χ0n) is 12.5. The van der Waals surface area contributed by atoms with E-state index < -0.39 is 0 Å². The Morgan fingerprint density at radius 3 is 2.73 bits per heavy atom. The Morgan fingerprint density at radius 2 is 2.00 bits per heavy atom. The molecule has 3 rings (SSSR count). The number of hydrogen-bond acceptors (Lipinski definition) is 6. The maximum Gasteiger partial charge on any atom is 0.277 e. The molecule has 3 aromatic rings. The van der Waals surface area contributed by atoms with Gasteiger partial charge < -0.3 is 8.94 Å². The number of nitrogens with zero attached hydrogens (tertiary/aromatic N) is 3. The van der Waals surface area contributed by atoms with Crippen LogP contribution in [0.15, 0.2) is 50.6 Å². The number of hydrogen-bond donors (Lipinski definition) is 0. The molecule has 0 aliphatic carbocycles. The van der Waals surface area contributed by atoms with Crippen molar-refractivity contribution in [2.75, 3.05) is 0 Å². The fraction of sp³-hybridized carbons (Fsp3) is 0.312. The normalized spacial score (nSPS) is 12.5. The van der Waals surface area contributed by atoms with Gasteiger partial charge in [-0.15, -0.1) is 10.2 Å². The van der Waals surface area contributed by atoms with Crippen molar-refractivity contribution >= 4 is 11.8 Å². The Hall–Kier alpha value is -2.08. The van der Waals surface area contributed by atoms with Crippen LogP contribution in [0.2, 0.25) is 0 Å². The van der Waals surface area contributed by atoms with Crippen LogP contribution in [0, 0.1) is 6.92 Å². The molecule has 2 heterocycles. The van der Waals surface area contributed by atoms with E-state index in [0.717, 1.165) is 17.9 Å². The second-order valence-electron chi connectivity index (χ2n) is 5.20. The summed E-state index contributed by atoms with van der Waals surface area (Å²) in [6, 6.07) is 12.2. The van der Waals surface area contributed by atoms with Crippen molar-refractivity contribution in [3.8, 4) is 0 Å². The summed E-state index contributed by atoms with van der Waals surface area (Å²) in [5, 5.41) is 12.6. The lowest BCUT2D eigenvalue weighted by molar-refractivity contribution is 0.388. The summed E-state index contributed by atoms with van der Waals surface area (Å²) < 4.78 is 10.8. The Balaban J connectivity index is 1.57. The van der Waals surface area contributed by atoms with Crippen LogP contribution in [0.1, 0.15) is 35.7 Å². The highest BCUT2D eigenvalue weighted by Gasteiger charge is 2.13. The van der Waals surface area contributed by atoms with Crippen LogP contribution in [-0.4, -0.2) is 15.4 Å².